The van der Waals surface area contributed by atoms with Crippen molar-refractivity contribution < 1.29 is 18.3 Å². The molecule has 0 spiro atoms. The van der Waals surface area contributed by atoms with E-state index in [2.05, 4.69) is 0 Å². The maximum absolute atomic E-state index is 12.3. The second-order valence-corrected chi connectivity index (χ2v) is 4.74. The normalized spacial score (nSPS) is 15.5. The number of carbonyl (C=O) groups is 1. The third-order valence-corrected chi connectivity index (χ3v) is 3.41. The summed E-state index contributed by atoms with van der Waals surface area (Å²) in [7, 11) is 1.60. The summed E-state index contributed by atoms with van der Waals surface area (Å²) < 4.78 is 29.6. The molecule has 0 atom stereocenters. The molecular formula is C14H17F2NO2. The second kappa shape index (κ2) is 5.99. The van der Waals surface area contributed by atoms with E-state index in [-0.39, 0.29) is 19.0 Å². The first-order valence-electron chi connectivity index (χ1n) is 6.29. The van der Waals surface area contributed by atoms with Crippen LogP contribution in [0.1, 0.15) is 12.0 Å². The second-order valence-electron chi connectivity index (χ2n) is 4.74. The molecule has 1 aromatic carbocycles. The van der Waals surface area contributed by atoms with Gasteiger partial charge in [0.2, 0.25) is 12.3 Å². The van der Waals surface area contributed by atoms with E-state index in [1.807, 2.05) is 24.3 Å². The minimum atomic E-state index is -2.31. The van der Waals surface area contributed by atoms with Gasteiger partial charge in [-0.05, 0) is 24.1 Å². The quantitative estimate of drug-likeness (QED) is 0.821. The number of ether oxygens (including phenoxy) is 1. The van der Waals surface area contributed by atoms with Gasteiger partial charge in [0, 0.05) is 19.5 Å². The standard InChI is InChI=1S/C14H17F2NO2/c1-19-12-5-2-10(3-6-12)4-7-13(18)17-8-11(9-17)14(15)16/h2-3,5-6,11,14H,4,7-9H2,1H3. The lowest BCUT2D eigenvalue weighted by atomic mass is 9.99. The van der Waals surface area contributed by atoms with Gasteiger partial charge in [-0.15, -0.1) is 0 Å². The van der Waals surface area contributed by atoms with Gasteiger partial charge in [0.1, 0.15) is 5.75 Å². The number of amides is 1. The summed E-state index contributed by atoms with van der Waals surface area (Å²) in [4.78, 5) is 13.2. The zero-order chi connectivity index (χ0) is 13.8. The SMILES string of the molecule is COc1ccc(CCC(=O)N2CC(C(F)F)C2)cc1. The molecule has 0 radical (unpaired) electrons. The Hall–Kier alpha value is -1.65. The van der Waals surface area contributed by atoms with Crippen LogP contribution in [0.3, 0.4) is 0 Å². The number of benzene rings is 1. The van der Waals surface area contributed by atoms with E-state index in [0.717, 1.165) is 11.3 Å². The number of hydrogen-bond donors (Lipinski definition) is 0. The number of hydrogen-bond acceptors (Lipinski definition) is 2. The first kappa shape index (κ1) is 13.8. The highest BCUT2D eigenvalue weighted by Crippen LogP contribution is 2.23. The summed E-state index contributed by atoms with van der Waals surface area (Å²) in [6.07, 6.45) is -1.33. The molecule has 1 amide bonds. The zero-order valence-electron chi connectivity index (χ0n) is 10.8. The molecule has 104 valence electrons. The average Bonchev–Trinajstić information content (AvgIpc) is 2.34. The monoisotopic (exact) mass is 269 g/mol. The molecule has 0 N–H and O–H groups in total. The summed E-state index contributed by atoms with van der Waals surface area (Å²) >= 11 is 0. The summed E-state index contributed by atoms with van der Waals surface area (Å²) in [5.74, 6) is 0.0928. The van der Waals surface area contributed by atoms with Gasteiger partial charge in [-0.2, -0.15) is 0 Å². The molecule has 0 unspecified atom stereocenters. The Kier molecular flexibility index (Phi) is 4.35. The predicted octanol–water partition coefficient (Wildman–Crippen LogP) is 2.35. The van der Waals surface area contributed by atoms with Crippen molar-refractivity contribution in [2.45, 2.75) is 19.3 Å². The Morgan fingerprint density at radius 2 is 2.00 bits per heavy atom. The first-order chi connectivity index (χ1) is 9.10. The lowest BCUT2D eigenvalue weighted by Crippen LogP contribution is -2.52. The number of nitrogens with zero attached hydrogens (tertiary/aromatic N) is 1. The third-order valence-electron chi connectivity index (χ3n) is 3.41. The number of carbonyl (C=O) groups excluding carboxylic acids is 1. The van der Waals surface area contributed by atoms with Crippen LogP contribution in [0, 0.1) is 5.92 Å². The van der Waals surface area contributed by atoms with Crippen LogP contribution in [-0.4, -0.2) is 37.4 Å². The number of halogens is 2. The van der Waals surface area contributed by atoms with Crippen LogP contribution < -0.4 is 4.74 Å². The average molecular weight is 269 g/mol. The van der Waals surface area contributed by atoms with Gasteiger partial charge >= 0.3 is 0 Å². The molecule has 5 heteroatoms. The Bertz CT molecular complexity index is 428. The zero-order valence-corrected chi connectivity index (χ0v) is 10.8. The molecule has 1 fully saturated rings. The van der Waals surface area contributed by atoms with Crippen LogP contribution in [0.25, 0.3) is 0 Å². The molecule has 1 aliphatic heterocycles. The summed E-state index contributed by atoms with van der Waals surface area (Å²) in [5.41, 5.74) is 1.04. The maximum Gasteiger partial charge on any atom is 0.244 e. The van der Waals surface area contributed by atoms with Crippen LogP contribution in [0.15, 0.2) is 24.3 Å². The van der Waals surface area contributed by atoms with E-state index in [0.29, 0.717) is 12.8 Å². The highest BCUT2D eigenvalue weighted by Gasteiger charge is 2.36. The van der Waals surface area contributed by atoms with Crippen LogP contribution in [0.4, 0.5) is 8.78 Å². The van der Waals surface area contributed by atoms with E-state index >= 15 is 0 Å². The number of methoxy groups -OCH3 is 1. The van der Waals surface area contributed by atoms with E-state index in [9.17, 15) is 13.6 Å². The molecule has 2 rings (SSSR count). The highest BCUT2D eigenvalue weighted by atomic mass is 19.3. The summed E-state index contributed by atoms with van der Waals surface area (Å²) in [6, 6.07) is 7.50. The smallest absolute Gasteiger partial charge is 0.244 e. The number of alkyl halides is 2. The van der Waals surface area contributed by atoms with Crippen molar-refractivity contribution in [1.29, 1.82) is 0 Å². The molecule has 1 heterocycles. The van der Waals surface area contributed by atoms with Gasteiger partial charge < -0.3 is 9.64 Å². The van der Waals surface area contributed by atoms with Gasteiger partial charge in [-0.3, -0.25) is 4.79 Å². The van der Waals surface area contributed by atoms with E-state index in [1.165, 1.54) is 4.90 Å². The van der Waals surface area contributed by atoms with Crippen molar-refractivity contribution in [3.63, 3.8) is 0 Å². The van der Waals surface area contributed by atoms with Gasteiger partial charge in [0.15, 0.2) is 0 Å². The number of likely N-dealkylation sites (tertiary alicyclic amines) is 1. The maximum atomic E-state index is 12.3. The lowest BCUT2D eigenvalue weighted by Gasteiger charge is -2.38. The van der Waals surface area contributed by atoms with Crippen molar-refractivity contribution >= 4 is 5.91 Å². The minimum Gasteiger partial charge on any atom is -0.497 e. The predicted molar refractivity (Wildman–Crippen MR) is 67.4 cm³/mol. The first-order valence-corrected chi connectivity index (χ1v) is 6.29. The molecule has 19 heavy (non-hydrogen) atoms. The largest absolute Gasteiger partial charge is 0.497 e. The summed E-state index contributed by atoms with van der Waals surface area (Å²) in [6.45, 7) is 0.387. The van der Waals surface area contributed by atoms with Crippen molar-refractivity contribution in [3.8, 4) is 5.75 Å². The Balaban J connectivity index is 1.75. The summed E-state index contributed by atoms with van der Waals surface area (Å²) in [5, 5.41) is 0. The molecule has 0 aliphatic carbocycles. The fourth-order valence-electron chi connectivity index (χ4n) is 2.08. The minimum absolute atomic E-state index is 0.0484. The van der Waals surface area contributed by atoms with Crippen LogP contribution in [0.5, 0.6) is 5.75 Å². The molecule has 1 saturated heterocycles. The van der Waals surface area contributed by atoms with E-state index < -0.39 is 12.3 Å². The highest BCUT2D eigenvalue weighted by molar-refractivity contribution is 5.77. The molecule has 0 saturated carbocycles. The Morgan fingerprint density at radius 3 is 2.53 bits per heavy atom. The van der Waals surface area contributed by atoms with Gasteiger partial charge in [0.05, 0.1) is 13.0 Å². The Morgan fingerprint density at radius 1 is 1.37 bits per heavy atom. The van der Waals surface area contributed by atoms with Crippen molar-refractivity contribution in [3.05, 3.63) is 29.8 Å². The fraction of sp³-hybridized carbons (Fsp3) is 0.500. The van der Waals surface area contributed by atoms with Gasteiger partial charge in [0.25, 0.3) is 0 Å². The van der Waals surface area contributed by atoms with Gasteiger partial charge in [-0.1, -0.05) is 12.1 Å². The fourth-order valence-corrected chi connectivity index (χ4v) is 2.08. The van der Waals surface area contributed by atoms with Crippen LogP contribution in [-0.2, 0) is 11.2 Å². The molecule has 0 bridgehead atoms. The van der Waals surface area contributed by atoms with E-state index in [1.54, 1.807) is 7.11 Å². The molecule has 3 nitrogen and oxygen atoms in total. The third kappa shape index (κ3) is 3.43. The topological polar surface area (TPSA) is 29.5 Å². The molecular weight excluding hydrogens is 252 g/mol. The Labute approximate surface area is 111 Å². The van der Waals surface area contributed by atoms with Crippen molar-refractivity contribution in [2.24, 2.45) is 5.92 Å². The van der Waals surface area contributed by atoms with Crippen molar-refractivity contribution in [2.75, 3.05) is 20.2 Å². The number of aryl methyl sites for hydroxylation is 1. The van der Waals surface area contributed by atoms with Gasteiger partial charge in [-0.25, -0.2) is 8.78 Å². The van der Waals surface area contributed by atoms with E-state index in [4.69, 9.17) is 4.74 Å². The van der Waals surface area contributed by atoms with Crippen LogP contribution in [0.2, 0.25) is 0 Å². The molecule has 1 aromatic rings. The number of rotatable bonds is 5. The molecule has 0 aromatic heterocycles. The van der Waals surface area contributed by atoms with Crippen LogP contribution >= 0.6 is 0 Å². The molecule has 1 aliphatic rings. The van der Waals surface area contributed by atoms with Crippen molar-refractivity contribution in [1.82, 2.24) is 4.90 Å². The lowest BCUT2D eigenvalue weighted by molar-refractivity contribution is -0.141.